The van der Waals surface area contributed by atoms with Gasteiger partial charge in [-0.2, -0.15) is 4.39 Å². The van der Waals surface area contributed by atoms with Crippen LogP contribution in [0.1, 0.15) is 31.7 Å². The van der Waals surface area contributed by atoms with E-state index in [1.54, 1.807) is 0 Å². The fourth-order valence-electron chi connectivity index (χ4n) is 2.05. The standard InChI is InChI=1S/C12H14F2N2O2/c1-12(3-2-4-12)15-7-8-5-11(16(17)18)10(14)6-9(8)13/h5-6,15H,2-4,7H2,1H3. The number of nitrogens with zero attached hydrogens (tertiary/aromatic N) is 1. The van der Waals surface area contributed by atoms with E-state index in [1.807, 2.05) is 6.92 Å². The van der Waals surface area contributed by atoms with E-state index in [0.29, 0.717) is 6.07 Å². The number of hydrogen-bond donors (Lipinski definition) is 1. The van der Waals surface area contributed by atoms with E-state index in [4.69, 9.17) is 0 Å². The molecule has 0 unspecified atom stereocenters. The van der Waals surface area contributed by atoms with E-state index in [1.165, 1.54) is 0 Å². The Bertz CT molecular complexity index is 487. The van der Waals surface area contributed by atoms with Crippen LogP contribution in [-0.2, 0) is 6.54 Å². The molecule has 0 atom stereocenters. The maximum Gasteiger partial charge on any atom is 0.305 e. The summed E-state index contributed by atoms with van der Waals surface area (Å²) in [5.41, 5.74) is -0.599. The Labute approximate surface area is 103 Å². The van der Waals surface area contributed by atoms with Gasteiger partial charge in [-0.25, -0.2) is 4.39 Å². The third-order valence-corrected chi connectivity index (χ3v) is 3.48. The van der Waals surface area contributed by atoms with Gasteiger partial charge in [0.15, 0.2) is 0 Å². The summed E-state index contributed by atoms with van der Waals surface area (Å²) in [4.78, 5) is 9.73. The fourth-order valence-corrected chi connectivity index (χ4v) is 2.05. The molecule has 1 aromatic rings. The zero-order valence-corrected chi connectivity index (χ0v) is 10.0. The van der Waals surface area contributed by atoms with Crippen molar-refractivity contribution < 1.29 is 13.7 Å². The van der Waals surface area contributed by atoms with E-state index >= 15 is 0 Å². The molecule has 6 heteroatoms. The molecule has 0 aromatic heterocycles. The van der Waals surface area contributed by atoms with Crippen LogP contribution in [0.4, 0.5) is 14.5 Å². The number of benzene rings is 1. The van der Waals surface area contributed by atoms with E-state index in [0.717, 1.165) is 25.3 Å². The highest BCUT2D eigenvalue weighted by Crippen LogP contribution is 2.31. The number of nitro groups is 1. The third-order valence-electron chi connectivity index (χ3n) is 3.48. The molecule has 0 saturated heterocycles. The molecule has 1 aliphatic carbocycles. The van der Waals surface area contributed by atoms with Gasteiger partial charge in [0.05, 0.1) is 4.92 Å². The van der Waals surface area contributed by atoms with Crippen LogP contribution in [0.3, 0.4) is 0 Å². The minimum atomic E-state index is -1.14. The number of halogens is 2. The molecule has 1 aliphatic rings. The Balaban J connectivity index is 2.16. The molecule has 1 fully saturated rings. The first-order chi connectivity index (χ1) is 8.41. The van der Waals surface area contributed by atoms with Crippen LogP contribution in [0.2, 0.25) is 0 Å². The molecule has 4 nitrogen and oxygen atoms in total. The maximum atomic E-state index is 13.5. The molecule has 2 rings (SSSR count). The van der Waals surface area contributed by atoms with Crippen molar-refractivity contribution in [3.8, 4) is 0 Å². The van der Waals surface area contributed by atoms with Crippen LogP contribution < -0.4 is 5.32 Å². The Kier molecular flexibility index (Phi) is 3.30. The second-order valence-electron chi connectivity index (χ2n) is 4.92. The van der Waals surface area contributed by atoms with E-state index < -0.39 is 22.2 Å². The van der Waals surface area contributed by atoms with Crippen LogP contribution in [0.15, 0.2) is 12.1 Å². The van der Waals surface area contributed by atoms with Gasteiger partial charge in [0.2, 0.25) is 5.82 Å². The largest absolute Gasteiger partial charge is 0.307 e. The van der Waals surface area contributed by atoms with Gasteiger partial charge >= 0.3 is 5.69 Å². The Morgan fingerprint density at radius 1 is 1.39 bits per heavy atom. The summed E-state index contributed by atoms with van der Waals surface area (Å²) < 4.78 is 26.6. The predicted octanol–water partition coefficient (Wildman–Crippen LogP) is 2.91. The second-order valence-corrected chi connectivity index (χ2v) is 4.92. The van der Waals surface area contributed by atoms with E-state index in [9.17, 15) is 18.9 Å². The molecule has 0 radical (unpaired) electrons. The van der Waals surface area contributed by atoms with Crippen LogP contribution in [0, 0.1) is 21.7 Å². The van der Waals surface area contributed by atoms with Crippen LogP contribution in [0.25, 0.3) is 0 Å². The number of hydrogen-bond acceptors (Lipinski definition) is 3. The quantitative estimate of drug-likeness (QED) is 0.665. The summed E-state index contributed by atoms with van der Waals surface area (Å²) in [5, 5.41) is 13.7. The van der Waals surface area contributed by atoms with Gasteiger partial charge in [0, 0.05) is 29.8 Å². The summed E-state index contributed by atoms with van der Waals surface area (Å²) in [7, 11) is 0. The molecule has 98 valence electrons. The second kappa shape index (κ2) is 4.61. The smallest absolute Gasteiger partial charge is 0.305 e. The lowest BCUT2D eigenvalue weighted by Crippen LogP contribution is -2.47. The van der Waals surface area contributed by atoms with Gasteiger partial charge in [0.25, 0.3) is 0 Å². The fraction of sp³-hybridized carbons (Fsp3) is 0.500. The highest BCUT2D eigenvalue weighted by molar-refractivity contribution is 5.37. The topological polar surface area (TPSA) is 55.2 Å². The lowest BCUT2D eigenvalue weighted by atomic mass is 9.78. The lowest BCUT2D eigenvalue weighted by Gasteiger charge is -2.39. The highest BCUT2D eigenvalue weighted by Gasteiger charge is 2.31. The third kappa shape index (κ3) is 2.48. The van der Waals surface area contributed by atoms with Crippen molar-refractivity contribution in [3.63, 3.8) is 0 Å². The molecule has 18 heavy (non-hydrogen) atoms. The Morgan fingerprint density at radius 2 is 2.06 bits per heavy atom. The van der Waals surface area contributed by atoms with Crippen molar-refractivity contribution in [1.82, 2.24) is 5.32 Å². The van der Waals surface area contributed by atoms with Crippen molar-refractivity contribution in [1.29, 1.82) is 0 Å². The van der Waals surface area contributed by atoms with Crippen molar-refractivity contribution >= 4 is 5.69 Å². The first-order valence-corrected chi connectivity index (χ1v) is 5.79. The van der Waals surface area contributed by atoms with Gasteiger partial charge in [0.1, 0.15) is 5.82 Å². The summed E-state index contributed by atoms with van der Waals surface area (Å²) in [6.45, 7) is 2.19. The molecule has 0 aliphatic heterocycles. The molecular weight excluding hydrogens is 242 g/mol. The van der Waals surface area contributed by atoms with Gasteiger partial charge in [-0.05, 0) is 26.2 Å². The maximum absolute atomic E-state index is 13.5. The lowest BCUT2D eigenvalue weighted by molar-refractivity contribution is -0.387. The Hall–Kier alpha value is -1.56. The molecule has 0 spiro atoms. The van der Waals surface area contributed by atoms with Gasteiger partial charge in [-0.3, -0.25) is 10.1 Å². The SMILES string of the molecule is CC1(NCc2cc([N+](=O)[O-])c(F)cc2F)CCC1. The van der Waals surface area contributed by atoms with E-state index in [-0.39, 0.29) is 17.6 Å². The normalized spacial score (nSPS) is 17.3. The molecule has 1 saturated carbocycles. The molecular formula is C12H14F2N2O2. The summed E-state index contributed by atoms with van der Waals surface area (Å²) in [6, 6.07) is 1.53. The van der Waals surface area contributed by atoms with Crippen LogP contribution in [-0.4, -0.2) is 10.5 Å². The van der Waals surface area contributed by atoms with E-state index in [2.05, 4.69) is 5.32 Å². The van der Waals surface area contributed by atoms with Crippen molar-refractivity contribution in [2.75, 3.05) is 0 Å². The monoisotopic (exact) mass is 256 g/mol. The summed E-state index contributed by atoms with van der Waals surface area (Å²) >= 11 is 0. The molecule has 0 bridgehead atoms. The zero-order chi connectivity index (χ0) is 13.3. The number of rotatable bonds is 4. The zero-order valence-electron chi connectivity index (χ0n) is 10.0. The first-order valence-electron chi connectivity index (χ1n) is 5.79. The molecule has 0 amide bonds. The minimum absolute atomic E-state index is 0.0321. The average Bonchev–Trinajstić information content (AvgIpc) is 2.25. The molecule has 1 aromatic carbocycles. The number of nitrogens with one attached hydrogen (secondary N) is 1. The first kappa shape index (κ1) is 12.9. The average molecular weight is 256 g/mol. The Morgan fingerprint density at radius 3 is 2.56 bits per heavy atom. The summed E-state index contributed by atoms with van der Waals surface area (Å²) in [6.07, 6.45) is 3.12. The van der Waals surface area contributed by atoms with Crippen LogP contribution in [0.5, 0.6) is 0 Å². The minimum Gasteiger partial charge on any atom is -0.307 e. The molecule has 0 heterocycles. The van der Waals surface area contributed by atoms with Gasteiger partial charge in [-0.1, -0.05) is 0 Å². The van der Waals surface area contributed by atoms with Crippen molar-refractivity contribution in [2.24, 2.45) is 0 Å². The van der Waals surface area contributed by atoms with Gasteiger partial charge < -0.3 is 5.32 Å². The highest BCUT2D eigenvalue weighted by atomic mass is 19.1. The van der Waals surface area contributed by atoms with Crippen molar-refractivity contribution in [3.05, 3.63) is 39.4 Å². The van der Waals surface area contributed by atoms with Gasteiger partial charge in [-0.15, -0.1) is 0 Å². The van der Waals surface area contributed by atoms with Crippen molar-refractivity contribution in [2.45, 2.75) is 38.3 Å². The number of nitro benzene ring substituents is 1. The van der Waals surface area contributed by atoms with Crippen LogP contribution >= 0.6 is 0 Å². The molecule has 1 N–H and O–H groups in total. The summed E-state index contributed by atoms with van der Waals surface area (Å²) in [5.74, 6) is -1.90. The predicted molar refractivity (Wildman–Crippen MR) is 62.1 cm³/mol.